The molecule has 0 saturated heterocycles. The Labute approximate surface area is 199 Å². The lowest BCUT2D eigenvalue weighted by molar-refractivity contribution is -0.178. The van der Waals surface area contributed by atoms with Gasteiger partial charge in [0.2, 0.25) is 5.60 Å². The lowest BCUT2D eigenvalue weighted by atomic mass is 9.61. The van der Waals surface area contributed by atoms with E-state index in [0.717, 1.165) is 31.3 Å². The van der Waals surface area contributed by atoms with Crippen LogP contribution in [0.1, 0.15) is 86.0 Å². The summed E-state index contributed by atoms with van der Waals surface area (Å²) in [6.45, 7) is 13.4. The van der Waals surface area contributed by atoms with Crippen molar-refractivity contribution in [1.29, 1.82) is 0 Å². The highest BCUT2D eigenvalue weighted by Crippen LogP contribution is 2.59. The second-order valence-corrected chi connectivity index (χ2v) is 11.2. The normalized spacial score (nSPS) is 33.6. The number of aliphatic hydroxyl groups is 1. The maximum Gasteiger partial charge on any atom is 0.350 e. The number of aliphatic hydroxyl groups excluding tert-OH is 1. The molecular weight excluding hydrogens is 416 g/mol. The van der Waals surface area contributed by atoms with Crippen molar-refractivity contribution in [2.75, 3.05) is 6.61 Å². The Kier molecular flexibility index (Phi) is 7.93. The number of rotatable bonds is 6. The van der Waals surface area contributed by atoms with E-state index < -0.39 is 23.6 Å². The van der Waals surface area contributed by atoms with E-state index in [9.17, 15) is 14.7 Å². The molecule has 5 heteroatoms. The van der Waals surface area contributed by atoms with Gasteiger partial charge in [-0.05, 0) is 94.0 Å². The van der Waals surface area contributed by atoms with Crippen molar-refractivity contribution in [3.8, 4) is 0 Å². The van der Waals surface area contributed by atoms with Gasteiger partial charge >= 0.3 is 11.9 Å². The van der Waals surface area contributed by atoms with E-state index in [1.165, 1.54) is 37.3 Å². The summed E-state index contributed by atoms with van der Waals surface area (Å²) < 4.78 is 10.7. The van der Waals surface area contributed by atoms with Gasteiger partial charge in [-0.3, -0.25) is 4.79 Å². The number of hydrogen-bond acceptors (Lipinski definition) is 5. The van der Waals surface area contributed by atoms with E-state index in [2.05, 4.69) is 32.6 Å². The quantitative estimate of drug-likeness (QED) is 0.410. The first-order valence-electron chi connectivity index (χ1n) is 12.5. The van der Waals surface area contributed by atoms with Crippen LogP contribution in [0.4, 0.5) is 0 Å². The van der Waals surface area contributed by atoms with E-state index in [1.807, 2.05) is 0 Å². The van der Waals surface area contributed by atoms with Crippen LogP contribution in [0.3, 0.4) is 0 Å². The molecule has 1 N–H and O–H groups in total. The molecule has 5 atom stereocenters. The van der Waals surface area contributed by atoms with E-state index in [4.69, 9.17) is 9.47 Å². The lowest BCUT2D eigenvalue weighted by Crippen LogP contribution is -2.41. The van der Waals surface area contributed by atoms with Gasteiger partial charge < -0.3 is 14.6 Å². The standard InChI is InChI=1S/C28H42O5/c1-18-9-10-21(16-25(18)30)11-12-22-8-7-15-28(6)23(13-14-24(22)28)19(2)17-32-26(31)27(4,5)33-20(3)29/h11-12,19,23-25,30H,1,7-10,13-17H2,2-6H3/b21-11-,22-12+/t19-,23?,24?,25?,28?/m1/s1. The molecule has 184 valence electrons. The highest BCUT2D eigenvalue weighted by atomic mass is 16.6. The molecule has 0 aromatic rings. The summed E-state index contributed by atoms with van der Waals surface area (Å²) in [4.78, 5) is 23.7. The molecule has 3 saturated carbocycles. The van der Waals surface area contributed by atoms with Crippen molar-refractivity contribution in [1.82, 2.24) is 0 Å². The van der Waals surface area contributed by atoms with Gasteiger partial charge in [-0.1, -0.05) is 43.7 Å². The van der Waals surface area contributed by atoms with Crippen LogP contribution in [-0.2, 0) is 19.1 Å². The molecule has 4 unspecified atom stereocenters. The molecule has 0 spiro atoms. The molecule has 3 rings (SSSR count). The number of ether oxygens (including phenoxy) is 2. The first-order chi connectivity index (χ1) is 15.4. The predicted molar refractivity (Wildman–Crippen MR) is 129 cm³/mol. The number of carbonyl (C=O) groups is 2. The summed E-state index contributed by atoms with van der Waals surface area (Å²) >= 11 is 0. The lowest BCUT2D eigenvalue weighted by Gasteiger charge is -2.44. The van der Waals surface area contributed by atoms with Crippen molar-refractivity contribution in [2.45, 2.75) is 97.7 Å². The summed E-state index contributed by atoms with van der Waals surface area (Å²) in [6.07, 6.45) is 12.6. The molecule has 0 heterocycles. The Bertz CT molecular complexity index is 835. The van der Waals surface area contributed by atoms with Gasteiger partial charge in [0.05, 0.1) is 12.7 Å². The maximum absolute atomic E-state index is 12.5. The van der Waals surface area contributed by atoms with Crippen LogP contribution in [0.15, 0.2) is 35.5 Å². The largest absolute Gasteiger partial charge is 0.462 e. The van der Waals surface area contributed by atoms with Gasteiger partial charge in [-0.2, -0.15) is 0 Å². The summed E-state index contributed by atoms with van der Waals surface area (Å²) in [5, 5.41) is 10.1. The predicted octanol–water partition coefficient (Wildman–Crippen LogP) is 5.68. The zero-order chi connectivity index (χ0) is 24.4. The third-order valence-electron chi connectivity index (χ3n) is 8.32. The first-order valence-corrected chi connectivity index (χ1v) is 12.5. The average molecular weight is 459 g/mol. The Balaban J connectivity index is 1.64. The number of fused-ring (bicyclic) bond motifs is 1. The fraction of sp³-hybridized carbons (Fsp3) is 0.714. The van der Waals surface area contributed by atoms with Gasteiger partial charge in [0.15, 0.2) is 0 Å². The molecule has 0 aromatic heterocycles. The summed E-state index contributed by atoms with van der Waals surface area (Å²) in [5.41, 5.74) is 2.76. The second kappa shape index (κ2) is 10.2. The third-order valence-corrected chi connectivity index (χ3v) is 8.32. The highest BCUT2D eigenvalue weighted by molar-refractivity contribution is 5.82. The smallest absolute Gasteiger partial charge is 0.350 e. The average Bonchev–Trinajstić information content (AvgIpc) is 3.09. The van der Waals surface area contributed by atoms with E-state index in [1.54, 1.807) is 13.8 Å². The number of allylic oxidation sites excluding steroid dienone is 3. The summed E-state index contributed by atoms with van der Waals surface area (Å²) in [5.74, 6) is 0.322. The zero-order valence-corrected chi connectivity index (χ0v) is 21.1. The van der Waals surface area contributed by atoms with Crippen LogP contribution in [-0.4, -0.2) is 35.4 Å². The molecule has 5 nitrogen and oxygen atoms in total. The van der Waals surface area contributed by atoms with Crippen molar-refractivity contribution in [3.05, 3.63) is 35.5 Å². The van der Waals surface area contributed by atoms with Crippen molar-refractivity contribution < 1.29 is 24.2 Å². The van der Waals surface area contributed by atoms with E-state index in [0.29, 0.717) is 24.9 Å². The Morgan fingerprint density at radius 3 is 2.64 bits per heavy atom. The third kappa shape index (κ3) is 5.79. The van der Waals surface area contributed by atoms with Gasteiger partial charge in [-0.15, -0.1) is 0 Å². The molecule has 0 radical (unpaired) electrons. The first kappa shape index (κ1) is 25.7. The van der Waals surface area contributed by atoms with Crippen molar-refractivity contribution in [3.63, 3.8) is 0 Å². The Hall–Kier alpha value is -1.88. The Morgan fingerprint density at radius 1 is 1.24 bits per heavy atom. The number of carbonyl (C=O) groups excluding carboxylic acids is 2. The SMILES string of the molecule is C=C1CC/C(=C/C=C2\CCCC3(C)C2CCC3[C@H](C)COC(=O)C(C)(C)OC(C)=O)CC1O. The van der Waals surface area contributed by atoms with Gasteiger partial charge in [0.1, 0.15) is 0 Å². The topological polar surface area (TPSA) is 72.8 Å². The molecule has 33 heavy (non-hydrogen) atoms. The molecule has 0 aliphatic heterocycles. The fourth-order valence-corrected chi connectivity index (χ4v) is 6.47. The molecule has 3 aliphatic rings. The minimum atomic E-state index is -1.26. The van der Waals surface area contributed by atoms with Crippen LogP contribution in [0.25, 0.3) is 0 Å². The number of hydrogen-bond donors (Lipinski definition) is 1. The van der Waals surface area contributed by atoms with E-state index in [-0.39, 0.29) is 11.3 Å². The molecule has 0 bridgehead atoms. The van der Waals surface area contributed by atoms with Crippen LogP contribution in [0.2, 0.25) is 0 Å². The molecular formula is C28H42O5. The number of esters is 2. The van der Waals surface area contributed by atoms with Crippen LogP contribution in [0.5, 0.6) is 0 Å². The van der Waals surface area contributed by atoms with Gasteiger partial charge in [0.25, 0.3) is 0 Å². The summed E-state index contributed by atoms with van der Waals surface area (Å²) in [7, 11) is 0. The van der Waals surface area contributed by atoms with Crippen LogP contribution in [0, 0.1) is 23.2 Å². The molecule has 3 aliphatic carbocycles. The van der Waals surface area contributed by atoms with E-state index >= 15 is 0 Å². The van der Waals surface area contributed by atoms with Gasteiger partial charge in [0, 0.05) is 6.92 Å². The van der Waals surface area contributed by atoms with Crippen molar-refractivity contribution >= 4 is 11.9 Å². The van der Waals surface area contributed by atoms with Gasteiger partial charge in [-0.25, -0.2) is 4.79 Å². The summed E-state index contributed by atoms with van der Waals surface area (Å²) in [6, 6.07) is 0. The van der Waals surface area contributed by atoms with Crippen molar-refractivity contribution in [2.24, 2.45) is 23.2 Å². The molecule has 0 aromatic carbocycles. The Morgan fingerprint density at radius 2 is 1.97 bits per heavy atom. The minimum absolute atomic E-state index is 0.209. The zero-order valence-electron chi connectivity index (χ0n) is 21.1. The maximum atomic E-state index is 12.5. The minimum Gasteiger partial charge on any atom is -0.462 e. The second-order valence-electron chi connectivity index (χ2n) is 11.2. The van der Waals surface area contributed by atoms with Crippen LogP contribution >= 0.6 is 0 Å². The van der Waals surface area contributed by atoms with Crippen LogP contribution < -0.4 is 0 Å². The highest BCUT2D eigenvalue weighted by Gasteiger charge is 2.51. The molecule has 3 fully saturated rings. The molecule has 0 amide bonds. The monoisotopic (exact) mass is 458 g/mol. The fourth-order valence-electron chi connectivity index (χ4n) is 6.47.